The van der Waals surface area contributed by atoms with Crippen molar-refractivity contribution >= 4 is 17.6 Å². The number of hydrogen-bond acceptors (Lipinski definition) is 3. The number of oxime groups is 1. The highest BCUT2D eigenvalue weighted by Gasteiger charge is 1.96. The molecule has 1 aromatic rings. The first-order valence-corrected chi connectivity index (χ1v) is 5.87. The lowest BCUT2D eigenvalue weighted by atomic mass is 10.2. The molecule has 0 atom stereocenters. The summed E-state index contributed by atoms with van der Waals surface area (Å²) < 4.78 is 0. The van der Waals surface area contributed by atoms with E-state index in [1.54, 1.807) is 11.8 Å². The lowest BCUT2D eigenvalue weighted by Crippen LogP contribution is -2.11. The Labute approximate surface area is 94.4 Å². The Bertz CT molecular complexity index is 322. The molecule has 0 unspecified atom stereocenters. The first kappa shape index (κ1) is 11.9. The van der Waals surface area contributed by atoms with Crippen molar-refractivity contribution in [1.29, 1.82) is 0 Å². The van der Waals surface area contributed by atoms with Gasteiger partial charge in [0.25, 0.3) is 0 Å². The summed E-state index contributed by atoms with van der Waals surface area (Å²) in [5.41, 5.74) is 6.64. The van der Waals surface area contributed by atoms with E-state index in [-0.39, 0.29) is 0 Å². The van der Waals surface area contributed by atoms with Crippen LogP contribution < -0.4 is 5.73 Å². The maximum absolute atomic E-state index is 8.34. The molecule has 0 saturated heterocycles. The molecule has 4 heteroatoms. The zero-order valence-electron chi connectivity index (χ0n) is 8.81. The minimum absolute atomic E-state index is 0.305. The zero-order chi connectivity index (χ0) is 11.1. The summed E-state index contributed by atoms with van der Waals surface area (Å²) in [5, 5.41) is 11.3. The third kappa shape index (κ3) is 4.74. The molecule has 0 aliphatic rings. The van der Waals surface area contributed by atoms with Crippen molar-refractivity contribution < 1.29 is 5.21 Å². The molecule has 15 heavy (non-hydrogen) atoms. The molecule has 1 aromatic carbocycles. The number of benzene rings is 1. The summed E-state index contributed by atoms with van der Waals surface area (Å²) >= 11 is 1.79. The smallest absolute Gasteiger partial charge is 0.139 e. The van der Waals surface area contributed by atoms with Crippen LogP contribution in [-0.2, 0) is 0 Å². The van der Waals surface area contributed by atoms with Gasteiger partial charge < -0.3 is 10.9 Å². The lowest BCUT2D eigenvalue weighted by Gasteiger charge is -2.01. The molecule has 0 bridgehead atoms. The van der Waals surface area contributed by atoms with E-state index >= 15 is 0 Å². The summed E-state index contributed by atoms with van der Waals surface area (Å²) in [6.07, 6.45) is 1.57. The van der Waals surface area contributed by atoms with E-state index in [2.05, 4.69) is 36.3 Å². The van der Waals surface area contributed by atoms with Gasteiger partial charge >= 0.3 is 0 Å². The second-order valence-corrected chi connectivity index (χ2v) is 4.52. The molecular formula is C11H16N2OS. The fourth-order valence-electron chi connectivity index (χ4n) is 1.13. The standard InChI is InChI=1S/C11H16N2OS/c1-9-4-6-10(7-5-9)15-8-2-3-11(12)13-14/h4-7,14H,2-3,8H2,1H3,(H2,12,13). The van der Waals surface area contributed by atoms with Gasteiger partial charge in [0.15, 0.2) is 0 Å². The fraction of sp³-hybridized carbons (Fsp3) is 0.364. The third-order valence-corrected chi connectivity index (χ3v) is 3.09. The van der Waals surface area contributed by atoms with E-state index in [0.29, 0.717) is 12.3 Å². The van der Waals surface area contributed by atoms with Gasteiger partial charge in [0.1, 0.15) is 5.84 Å². The van der Waals surface area contributed by atoms with Gasteiger partial charge in [-0.25, -0.2) is 0 Å². The van der Waals surface area contributed by atoms with Crippen molar-refractivity contribution in [3.05, 3.63) is 29.8 Å². The quantitative estimate of drug-likeness (QED) is 0.202. The Morgan fingerprint density at radius 1 is 1.40 bits per heavy atom. The lowest BCUT2D eigenvalue weighted by molar-refractivity contribution is 0.317. The van der Waals surface area contributed by atoms with E-state index in [4.69, 9.17) is 10.9 Å². The van der Waals surface area contributed by atoms with Crippen LogP contribution in [0.25, 0.3) is 0 Å². The fourth-order valence-corrected chi connectivity index (χ4v) is 1.98. The Hall–Kier alpha value is -1.16. The van der Waals surface area contributed by atoms with E-state index in [9.17, 15) is 0 Å². The monoisotopic (exact) mass is 224 g/mol. The topological polar surface area (TPSA) is 58.6 Å². The van der Waals surface area contributed by atoms with Crippen LogP contribution in [0.4, 0.5) is 0 Å². The Kier molecular flexibility index (Phi) is 5.04. The molecule has 0 aromatic heterocycles. The molecule has 3 N–H and O–H groups in total. The summed E-state index contributed by atoms with van der Waals surface area (Å²) in [5.74, 6) is 1.29. The number of amidine groups is 1. The number of thioether (sulfide) groups is 1. The normalized spacial score (nSPS) is 11.7. The van der Waals surface area contributed by atoms with Crippen LogP contribution in [0.2, 0.25) is 0 Å². The van der Waals surface area contributed by atoms with Crippen molar-refractivity contribution in [3.8, 4) is 0 Å². The zero-order valence-corrected chi connectivity index (χ0v) is 9.63. The molecule has 0 radical (unpaired) electrons. The van der Waals surface area contributed by atoms with Gasteiger partial charge in [-0.2, -0.15) is 0 Å². The highest BCUT2D eigenvalue weighted by molar-refractivity contribution is 7.99. The van der Waals surface area contributed by atoms with Gasteiger partial charge in [-0.3, -0.25) is 0 Å². The first-order valence-electron chi connectivity index (χ1n) is 4.88. The van der Waals surface area contributed by atoms with Crippen molar-refractivity contribution in [3.63, 3.8) is 0 Å². The molecule has 0 aliphatic heterocycles. The van der Waals surface area contributed by atoms with Gasteiger partial charge in [-0.1, -0.05) is 22.9 Å². The average molecular weight is 224 g/mol. The van der Waals surface area contributed by atoms with E-state index in [0.717, 1.165) is 12.2 Å². The maximum Gasteiger partial charge on any atom is 0.139 e. The van der Waals surface area contributed by atoms with Crippen LogP contribution in [0.1, 0.15) is 18.4 Å². The minimum atomic E-state index is 0.305. The predicted octanol–water partition coefficient (Wildman–Crippen LogP) is 2.61. The first-order chi connectivity index (χ1) is 7.22. The molecule has 0 aliphatic carbocycles. The van der Waals surface area contributed by atoms with Crippen molar-refractivity contribution in [2.45, 2.75) is 24.7 Å². The summed E-state index contributed by atoms with van der Waals surface area (Å²) in [6, 6.07) is 8.44. The second-order valence-electron chi connectivity index (χ2n) is 3.36. The molecule has 1 rings (SSSR count). The summed E-state index contributed by atoms with van der Waals surface area (Å²) in [6.45, 7) is 2.08. The Morgan fingerprint density at radius 2 is 2.07 bits per heavy atom. The molecule has 82 valence electrons. The van der Waals surface area contributed by atoms with Crippen LogP contribution in [0.3, 0.4) is 0 Å². The number of nitrogens with zero attached hydrogens (tertiary/aromatic N) is 1. The van der Waals surface area contributed by atoms with E-state index < -0.39 is 0 Å². The number of rotatable bonds is 5. The second kappa shape index (κ2) is 6.35. The number of hydrogen-bond donors (Lipinski definition) is 2. The van der Waals surface area contributed by atoms with Gasteiger partial charge in [-0.15, -0.1) is 11.8 Å². The Morgan fingerprint density at radius 3 is 2.67 bits per heavy atom. The van der Waals surface area contributed by atoms with Crippen molar-refractivity contribution in [2.75, 3.05) is 5.75 Å². The van der Waals surface area contributed by atoms with E-state index in [1.165, 1.54) is 10.5 Å². The molecule has 0 heterocycles. The van der Waals surface area contributed by atoms with Gasteiger partial charge in [-0.05, 0) is 31.2 Å². The van der Waals surface area contributed by atoms with Crippen molar-refractivity contribution in [1.82, 2.24) is 0 Å². The summed E-state index contributed by atoms with van der Waals surface area (Å²) in [7, 11) is 0. The molecule has 0 amide bonds. The van der Waals surface area contributed by atoms with Crippen LogP contribution in [0.15, 0.2) is 34.3 Å². The maximum atomic E-state index is 8.34. The van der Waals surface area contributed by atoms with Gasteiger partial charge in [0.2, 0.25) is 0 Å². The van der Waals surface area contributed by atoms with E-state index in [1.807, 2.05) is 0 Å². The van der Waals surface area contributed by atoms with Crippen LogP contribution in [-0.4, -0.2) is 16.8 Å². The minimum Gasteiger partial charge on any atom is -0.409 e. The molecule has 0 spiro atoms. The van der Waals surface area contributed by atoms with Crippen LogP contribution in [0, 0.1) is 6.92 Å². The summed E-state index contributed by atoms with van der Waals surface area (Å²) in [4.78, 5) is 1.26. The highest BCUT2D eigenvalue weighted by atomic mass is 32.2. The largest absolute Gasteiger partial charge is 0.409 e. The molecule has 0 fully saturated rings. The van der Waals surface area contributed by atoms with Crippen LogP contribution >= 0.6 is 11.8 Å². The highest BCUT2D eigenvalue weighted by Crippen LogP contribution is 2.19. The predicted molar refractivity (Wildman–Crippen MR) is 64.5 cm³/mol. The molecule has 3 nitrogen and oxygen atoms in total. The van der Waals surface area contributed by atoms with Crippen LogP contribution in [0.5, 0.6) is 0 Å². The van der Waals surface area contributed by atoms with Gasteiger partial charge in [0.05, 0.1) is 0 Å². The number of nitrogens with two attached hydrogens (primary N) is 1. The SMILES string of the molecule is Cc1ccc(SCCC/C(N)=N/O)cc1. The Balaban J connectivity index is 2.23. The molecule has 0 saturated carbocycles. The van der Waals surface area contributed by atoms with Crippen molar-refractivity contribution in [2.24, 2.45) is 10.9 Å². The molecular weight excluding hydrogens is 208 g/mol. The van der Waals surface area contributed by atoms with Gasteiger partial charge in [0, 0.05) is 11.3 Å². The third-order valence-electron chi connectivity index (χ3n) is 2.00. The number of aryl methyl sites for hydroxylation is 1. The average Bonchev–Trinajstić information content (AvgIpc) is 2.26.